The van der Waals surface area contributed by atoms with E-state index in [9.17, 15) is 13.6 Å². The molecule has 2 aliphatic heterocycles. The number of hydrogen-bond acceptors (Lipinski definition) is 5. The van der Waals surface area contributed by atoms with Crippen molar-refractivity contribution in [2.24, 2.45) is 0 Å². The van der Waals surface area contributed by atoms with Gasteiger partial charge in [0, 0.05) is 25.6 Å². The lowest BCUT2D eigenvalue weighted by Crippen LogP contribution is -2.43. The number of amides is 1. The van der Waals surface area contributed by atoms with Crippen molar-refractivity contribution in [2.45, 2.75) is 30.8 Å². The van der Waals surface area contributed by atoms with E-state index >= 15 is 0 Å². The molecule has 8 heteroatoms. The summed E-state index contributed by atoms with van der Waals surface area (Å²) in [5, 5.41) is 15.9. The first-order valence-electron chi connectivity index (χ1n) is 8.97. The van der Waals surface area contributed by atoms with Crippen LogP contribution in [0.25, 0.3) is 10.1 Å². The lowest BCUT2D eigenvalue weighted by molar-refractivity contribution is -0.133. The highest BCUT2D eigenvalue weighted by molar-refractivity contribution is 7.17. The van der Waals surface area contributed by atoms with Crippen molar-refractivity contribution in [3.8, 4) is 6.07 Å². The molecule has 0 bridgehead atoms. The Morgan fingerprint density at radius 3 is 3.07 bits per heavy atom. The molecule has 1 amide bonds. The number of anilines is 1. The highest BCUT2D eigenvalue weighted by Crippen LogP contribution is 2.32. The number of fused-ring (bicyclic) bond motifs is 1. The number of nitrogens with one attached hydrogen (secondary N) is 1. The van der Waals surface area contributed by atoms with Crippen molar-refractivity contribution in [3.63, 3.8) is 0 Å². The quantitative estimate of drug-likeness (QED) is 0.871. The van der Waals surface area contributed by atoms with Gasteiger partial charge in [-0.05, 0) is 29.3 Å². The predicted octanol–water partition coefficient (Wildman–Crippen LogP) is 3.15. The molecule has 0 saturated carbocycles. The SMILES string of the molecule is N#CC1CC(F)(F)CN1C(=O)CN1CC[C@H](Nc2cccc3ccsc23)C1. The van der Waals surface area contributed by atoms with Crippen LogP contribution in [0.15, 0.2) is 29.6 Å². The second kappa shape index (κ2) is 7.06. The summed E-state index contributed by atoms with van der Waals surface area (Å²) in [6.07, 6.45) is 0.317. The fraction of sp³-hybridized carbons (Fsp3) is 0.474. The molecule has 142 valence electrons. The van der Waals surface area contributed by atoms with Crippen LogP contribution in [-0.4, -0.2) is 59.9 Å². The molecular weight excluding hydrogens is 370 g/mol. The van der Waals surface area contributed by atoms with E-state index in [1.54, 1.807) is 11.3 Å². The van der Waals surface area contributed by atoms with Crippen LogP contribution in [0, 0.1) is 11.3 Å². The number of carbonyl (C=O) groups is 1. The van der Waals surface area contributed by atoms with Gasteiger partial charge in [0.2, 0.25) is 5.91 Å². The highest BCUT2D eigenvalue weighted by Gasteiger charge is 2.47. The number of nitriles is 1. The Labute approximate surface area is 160 Å². The van der Waals surface area contributed by atoms with Gasteiger partial charge in [0.15, 0.2) is 0 Å². The third kappa shape index (κ3) is 3.75. The molecule has 4 rings (SSSR count). The van der Waals surface area contributed by atoms with Crippen molar-refractivity contribution < 1.29 is 13.6 Å². The minimum Gasteiger partial charge on any atom is -0.380 e. The Kier molecular flexibility index (Phi) is 4.74. The molecule has 3 heterocycles. The van der Waals surface area contributed by atoms with E-state index in [0.717, 1.165) is 23.6 Å². The number of benzene rings is 1. The van der Waals surface area contributed by atoms with Crippen LogP contribution < -0.4 is 5.32 Å². The molecule has 5 nitrogen and oxygen atoms in total. The normalized spacial score (nSPS) is 25.0. The second-order valence-electron chi connectivity index (χ2n) is 7.24. The summed E-state index contributed by atoms with van der Waals surface area (Å²) in [7, 11) is 0. The van der Waals surface area contributed by atoms with Gasteiger partial charge in [0.05, 0.1) is 29.5 Å². The Bertz CT molecular complexity index is 893. The molecule has 27 heavy (non-hydrogen) atoms. The van der Waals surface area contributed by atoms with Gasteiger partial charge in [-0.15, -0.1) is 11.3 Å². The maximum absolute atomic E-state index is 13.5. The minimum absolute atomic E-state index is 0.0790. The van der Waals surface area contributed by atoms with Gasteiger partial charge in [0.25, 0.3) is 5.92 Å². The zero-order valence-corrected chi connectivity index (χ0v) is 15.5. The molecule has 0 radical (unpaired) electrons. The van der Waals surface area contributed by atoms with E-state index in [-0.39, 0.29) is 18.5 Å². The number of thiophene rings is 1. The summed E-state index contributed by atoms with van der Waals surface area (Å²) in [5.41, 5.74) is 1.09. The van der Waals surface area contributed by atoms with Crippen LogP contribution in [0.4, 0.5) is 14.5 Å². The van der Waals surface area contributed by atoms with Gasteiger partial charge in [-0.25, -0.2) is 8.78 Å². The molecule has 1 aromatic carbocycles. The maximum atomic E-state index is 13.5. The maximum Gasteiger partial charge on any atom is 0.268 e. The van der Waals surface area contributed by atoms with Gasteiger partial charge in [0.1, 0.15) is 6.04 Å². The van der Waals surface area contributed by atoms with Crippen molar-refractivity contribution >= 4 is 33.0 Å². The average molecular weight is 390 g/mol. The van der Waals surface area contributed by atoms with Crippen LogP contribution in [0.2, 0.25) is 0 Å². The summed E-state index contributed by atoms with van der Waals surface area (Å²) >= 11 is 1.69. The van der Waals surface area contributed by atoms with E-state index in [1.165, 1.54) is 10.1 Å². The van der Waals surface area contributed by atoms with Gasteiger partial charge in [-0.1, -0.05) is 12.1 Å². The molecule has 0 spiro atoms. The van der Waals surface area contributed by atoms with Crippen LogP contribution >= 0.6 is 11.3 Å². The summed E-state index contributed by atoms with van der Waals surface area (Å²) in [4.78, 5) is 15.5. The van der Waals surface area contributed by atoms with Crippen LogP contribution in [0.1, 0.15) is 12.8 Å². The third-order valence-electron chi connectivity index (χ3n) is 5.21. The molecule has 0 aliphatic carbocycles. The molecule has 2 saturated heterocycles. The zero-order chi connectivity index (χ0) is 19.0. The summed E-state index contributed by atoms with van der Waals surface area (Å²) < 4.78 is 28.3. The van der Waals surface area contributed by atoms with Gasteiger partial charge in [-0.3, -0.25) is 9.69 Å². The standard InChI is InChI=1S/C19H20F2N4OS/c20-19(21)8-15(9-22)25(12-19)17(26)11-24-6-4-14(10-24)23-16-3-1-2-13-5-7-27-18(13)16/h1-3,5,7,14-15,23H,4,6,8,10-12H2/t14-,15?/m0/s1. The van der Waals surface area contributed by atoms with Gasteiger partial charge in [-0.2, -0.15) is 5.26 Å². The predicted molar refractivity (Wildman–Crippen MR) is 101 cm³/mol. The highest BCUT2D eigenvalue weighted by atomic mass is 32.1. The van der Waals surface area contributed by atoms with E-state index in [4.69, 9.17) is 5.26 Å². The molecule has 1 aromatic heterocycles. The molecule has 2 aromatic rings. The van der Waals surface area contributed by atoms with E-state index in [0.29, 0.717) is 6.54 Å². The number of carbonyl (C=O) groups excluding carboxylic acids is 1. The fourth-order valence-corrected chi connectivity index (χ4v) is 4.77. The lowest BCUT2D eigenvalue weighted by atomic mass is 10.2. The summed E-state index contributed by atoms with van der Waals surface area (Å²) in [6, 6.07) is 9.24. The lowest BCUT2D eigenvalue weighted by Gasteiger charge is -2.23. The summed E-state index contributed by atoms with van der Waals surface area (Å²) in [5.74, 6) is -3.36. The first-order valence-corrected chi connectivity index (χ1v) is 9.85. The monoisotopic (exact) mass is 390 g/mol. The molecule has 2 fully saturated rings. The molecule has 1 unspecified atom stereocenters. The summed E-state index contributed by atoms with van der Waals surface area (Å²) in [6.45, 7) is 0.829. The zero-order valence-electron chi connectivity index (χ0n) is 14.7. The van der Waals surface area contributed by atoms with Crippen molar-refractivity contribution in [3.05, 3.63) is 29.6 Å². The van der Waals surface area contributed by atoms with Crippen LogP contribution in [0.5, 0.6) is 0 Å². The van der Waals surface area contributed by atoms with E-state index < -0.39 is 24.9 Å². The first kappa shape index (κ1) is 18.1. The average Bonchev–Trinajstić information content (AvgIpc) is 3.33. The van der Waals surface area contributed by atoms with E-state index in [1.807, 2.05) is 17.0 Å². The van der Waals surface area contributed by atoms with Crippen LogP contribution in [-0.2, 0) is 4.79 Å². The van der Waals surface area contributed by atoms with Crippen molar-refractivity contribution in [1.82, 2.24) is 9.80 Å². The topological polar surface area (TPSA) is 59.4 Å². The second-order valence-corrected chi connectivity index (χ2v) is 8.15. The first-order chi connectivity index (χ1) is 12.9. The third-order valence-corrected chi connectivity index (χ3v) is 6.17. The molecular formula is C19H20F2N4OS. The van der Waals surface area contributed by atoms with Crippen molar-refractivity contribution in [1.29, 1.82) is 5.26 Å². The number of hydrogen-bond donors (Lipinski definition) is 1. The Morgan fingerprint density at radius 2 is 2.26 bits per heavy atom. The number of nitrogens with zero attached hydrogens (tertiary/aromatic N) is 3. The Hall–Kier alpha value is -2.24. The Balaban J connectivity index is 1.35. The smallest absolute Gasteiger partial charge is 0.268 e. The molecule has 2 aliphatic rings. The number of rotatable bonds is 4. The molecule has 2 atom stereocenters. The number of likely N-dealkylation sites (tertiary alicyclic amines) is 2. The van der Waals surface area contributed by atoms with Gasteiger partial charge >= 0.3 is 0 Å². The minimum atomic E-state index is -2.97. The fourth-order valence-electron chi connectivity index (χ4n) is 3.90. The Morgan fingerprint density at radius 1 is 1.41 bits per heavy atom. The van der Waals surface area contributed by atoms with E-state index in [2.05, 4.69) is 28.9 Å². The van der Waals surface area contributed by atoms with Crippen molar-refractivity contribution in [2.75, 3.05) is 31.5 Å². The van der Waals surface area contributed by atoms with Gasteiger partial charge < -0.3 is 10.2 Å². The number of halogens is 2. The molecule has 1 N–H and O–H groups in total. The van der Waals surface area contributed by atoms with Crippen LogP contribution in [0.3, 0.4) is 0 Å². The largest absolute Gasteiger partial charge is 0.380 e. The number of alkyl halides is 2.